The highest BCUT2D eigenvalue weighted by Crippen LogP contribution is 2.23. The number of benzene rings is 1. The fourth-order valence-electron chi connectivity index (χ4n) is 1.27. The minimum absolute atomic E-state index is 0.848. The smallest absolute Gasteiger partial charge is 0.00459 e. The molecular weight excluding hydrogens is 152 g/mol. The fourth-order valence-corrected chi connectivity index (χ4v) is 1.62. The molecule has 0 atom stereocenters. The predicted molar refractivity (Wildman–Crippen MR) is 53.9 cm³/mol. The molecule has 0 N–H and O–H groups in total. The van der Waals surface area contributed by atoms with Gasteiger partial charge in [-0.25, -0.2) is 0 Å². The third-order valence-corrected chi connectivity index (χ3v) is 1.99. The average Bonchev–Trinajstić information content (AvgIpc) is 1.85. The van der Waals surface area contributed by atoms with Crippen molar-refractivity contribution in [2.24, 2.45) is 0 Å². The zero-order chi connectivity index (χ0) is 8.43. The summed E-state index contributed by atoms with van der Waals surface area (Å²) in [4.78, 5) is 0.848. The zero-order valence-electron chi connectivity index (χ0n) is 6.89. The van der Waals surface area contributed by atoms with Crippen LogP contribution in [0.4, 0.5) is 0 Å². The molecule has 0 unspecified atom stereocenters. The van der Waals surface area contributed by atoms with Crippen molar-refractivity contribution >= 4 is 17.5 Å². The van der Waals surface area contributed by atoms with Crippen LogP contribution in [0.15, 0.2) is 24.8 Å². The Morgan fingerprint density at radius 2 is 1.73 bits per heavy atom. The summed E-state index contributed by atoms with van der Waals surface area (Å²) in [5, 5.41) is 0. The lowest BCUT2D eigenvalue weighted by Gasteiger charge is -2.06. The fraction of sp³-hybridized carbons (Fsp3) is 0.200. The first-order valence-corrected chi connectivity index (χ1v) is 4.02. The summed E-state index contributed by atoms with van der Waals surface area (Å²) in [7, 11) is 0. The van der Waals surface area contributed by atoms with E-state index in [4.69, 9.17) is 0 Å². The molecule has 1 rings (SSSR count). The molecule has 0 aliphatic carbocycles. The van der Waals surface area contributed by atoms with Gasteiger partial charge in [0.15, 0.2) is 0 Å². The monoisotopic (exact) mass is 164 g/mol. The van der Waals surface area contributed by atoms with Crippen LogP contribution in [0.25, 0.3) is 4.91 Å². The van der Waals surface area contributed by atoms with Crippen LogP contribution in [0.1, 0.15) is 16.7 Å². The third kappa shape index (κ3) is 1.66. The molecule has 0 aromatic heterocycles. The number of aryl methyl sites for hydroxylation is 2. The Hall–Kier alpha value is -0.690. The summed E-state index contributed by atoms with van der Waals surface area (Å²) in [6.45, 7) is 7.96. The molecule has 1 heteroatoms. The first kappa shape index (κ1) is 8.41. The van der Waals surface area contributed by atoms with Gasteiger partial charge in [-0.3, -0.25) is 0 Å². The third-order valence-electron chi connectivity index (χ3n) is 1.77. The Morgan fingerprint density at radius 1 is 1.27 bits per heavy atom. The number of hydrogen-bond acceptors (Lipinski definition) is 1. The van der Waals surface area contributed by atoms with Gasteiger partial charge in [0.05, 0.1) is 0 Å². The molecular formula is C10H12S. The van der Waals surface area contributed by atoms with Crippen molar-refractivity contribution in [2.45, 2.75) is 13.8 Å². The summed E-state index contributed by atoms with van der Waals surface area (Å²) in [5.41, 5.74) is 3.66. The number of rotatable bonds is 1. The molecule has 0 radical (unpaired) electrons. The van der Waals surface area contributed by atoms with Gasteiger partial charge in [0, 0.05) is 4.91 Å². The van der Waals surface area contributed by atoms with Crippen molar-refractivity contribution < 1.29 is 0 Å². The molecule has 1 aromatic rings. The minimum Gasteiger partial charge on any atom is -0.143 e. The van der Waals surface area contributed by atoms with E-state index >= 15 is 0 Å². The van der Waals surface area contributed by atoms with E-state index < -0.39 is 0 Å². The molecule has 0 amide bonds. The summed E-state index contributed by atoms with van der Waals surface area (Å²) >= 11 is 4.23. The quantitative estimate of drug-likeness (QED) is 0.605. The van der Waals surface area contributed by atoms with Gasteiger partial charge in [-0.2, -0.15) is 0 Å². The van der Waals surface area contributed by atoms with E-state index in [1.54, 1.807) is 0 Å². The molecule has 0 saturated carbocycles. The second-order valence-electron chi connectivity index (χ2n) is 2.71. The van der Waals surface area contributed by atoms with Gasteiger partial charge in [-0.1, -0.05) is 24.8 Å². The van der Waals surface area contributed by atoms with Crippen molar-refractivity contribution in [2.75, 3.05) is 0 Å². The standard InChI is InChI=1S/C10H12S/c1-7-5-4-6-8(2)10(7)9(3)11/h4-6,11H,3H2,1-2H3. The van der Waals surface area contributed by atoms with Crippen LogP contribution in [0, 0.1) is 13.8 Å². The van der Waals surface area contributed by atoms with Crippen LogP contribution in [0.3, 0.4) is 0 Å². The van der Waals surface area contributed by atoms with Crippen LogP contribution in [-0.2, 0) is 0 Å². The van der Waals surface area contributed by atoms with Gasteiger partial charge in [-0.15, -0.1) is 12.6 Å². The van der Waals surface area contributed by atoms with Gasteiger partial charge < -0.3 is 0 Å². The van der Waals surface area contributed by atoms with E-state index in [9.17, 15) is 0 Å². The molecule has 0 bridgehead atoms. The molecule has 0 fully saturated rings. The largest absolute Gasteiger partial charge is 0.143 e. The molecule has 0 heterocycles. The zero-order valence-corrected chi connectivity index (χ0v) is 7.78. The molecule has 0 spiro atoms. The van der Waals surface area contributed by atoms with Gasteiger partial charge >= 0.3 is 0 Å². The molecule has 0 saturated heterocycles. The lowest BCUT2D eigenvalue weighted by molar-refractivity contribution is 1.35. The van der Waals surface area contributed by atoms with Gasteiger partial charge in [0.2, 0.25) is 0 Å². The topological polar surface area (TPSA) is 0 Å². The molecule has 58 valence electrons. The van der Waals surface area contributed by atoms with Crippen LogP contribution >= 0.6 is 12.6 Å². The summed E-state index contributed by atoms with van der Waals surface area (Å²) < 4.78 is 0. The van der Waals surface area contributed by atoms with Gasteiger partial charge in [0.25, 0.3) is 0 Å². The van der Waals surface area contributed by atoms with E-state index in [0.29, 0.717) is 0 Å². The van der Waals surface area contributed by atoms with Crippen molar-refractivity contribution in [3.8, 4) is 0 Å². The van der Waals surface area contributed by atoms with Crippen molar-refractivity contribution in [1.82, 2.24) is 0 Å². The highest BCUT2D eigenvalue weighted by atomic mass is 32.1. The molecule has 0 aliphatic rings. The first-order chi connectivity index (χ1) is 5.13. The maximum Gasteiger partial charge on any atom is 0.00459 e. The first-order valence-electron chi connectivity index (χ1n) is 3.57. The Kier molecular flexibility index (Phi) is 2.40. The Balaban J connectivity index is 3.32. The summed E-state index contributed by atoms with van der Waals surface area (Å²) in [6, 6.07) is 6.19. The van der Waals surface area contributed by atoms with Gasteiger partial charge in [-0.05, 0) is 30.5 Å². The normalized spacial score (nSPS) is 9.73. The van der Waals surface area contributed by atoms with E-state index in [1.807, 2.05) is 6.07 Å². The van der Waals surface area contributed by atoms with Gasteiger partial charge in [0.1, 0.15) is 0 Å². The Bertz CT molecular complexity index is 267. The minimum atomic E-state index is 0.848. The van der Waals surface area contributed by atoms with E-state index in [2.05, 4.69) is 45.2 Å². The highest BCUT2D eigenvalue weighted by molar-refractivity contribution is 7.90. The SMILES string of the molecule is C=C(S)c1c(C)cccc1C. The summed E-state index contributed by atoms with van der Waals surface area (Å²) in [6.07, 6.45) is 0. The Morgan fingerprint density at radius 3 is 2.00 bits per heavy atom. The maximum absolute atomic E-state index is 4.23. The van der Waals surface area contributed by atoms with Crippen LogP contribution in [0.5, 0.6) is 0 Å². The molecule has 11 heavy (non-hydrogen) atoms. The van der Waals surface area contributed by atoms with Crippen LogP contribution in [0.2, 0.25) is 0 Å². The average molecular weight is 164 g/mol. The molecule has 0 nitrogen and oxygen atoms in total. The van der Waals surface area contributed by atoms with E-state index in [1.165, 1.54) is 16.7 Å². The maximum atomic E-state index is 4.23. The lowest BCUT2D eigenvalue weighted by Crippen LogP contribution is -1.87. The van der Waals surface area contributed by atoms with Crippen molar-refractivity contribution in [3.05, 3.63) is 41.5 Å². The predicted octanol–water partition coefficient (Wildman–Crippen LogP) is 3.20. The second kappa shape index (κ2) is 3.14. The van der Waals surface area contributed by atoms with Crippen molar-refractivity contribution in [1.29, 1.82) is 0 Å². The van der Waals surface area contributed by atoms with Crippen LogP contribution in [-0.4, -0.2) is 0 Å². The number of hydrogen-bond donors (Lipinski definition) is 1. The number of thiol groups is 1. The van der Waals surface area contributed by atoms with Crippen molar-refractivity contribution in [3.63, 3.8) is 0 Å². The van der Waals surface area contributed by atoms with E-state index in [0.717, 1.165) is 4.91 Å². The van der Waals surface area contributed by atoms with Crippen LogP contribution < -0.4 is 0 Å². The molecule has 0 aliphatic heterocycles. The molecule has 1 aromatic carbocycles. The second-order valence-corrected chi connectivity index (χ2v) is 3.25. The highest BCUT2D eigenvalue weighted by Gasteiger charge is 2.01. The summed E-state index contributed by atoms with van der Waals surface area (Å²) in [5.74, 6) is 0. The lowest BCUT2D eigenvalue weighted by atomic mass is 10.0. The Labute approximate surface area is 73.4 Å². The van der Waals surface area contributed by atoms with E-state index in [-0.39, 0.29) is 0 Å².